The van der Waals surface area contributed by atoms with E-state index in [4.69, 9.17) is 17.3 Å². The molecule has 0 spiro atoms. The average Bonchev–Trinajstić information content (AvgIpc) is 2.80. The number of rotatable bonds is 6. The number of aryl methyl sites for hydroxylation is 1. The molecule has 1 aliphatic rings. The lowest BCUT2D eigenvalue weighted by molar-refractivity contribution is -0.123. The van der Waals surface area contributed by atoms with Gasteiger partial charge in [0.05, 0.1) is 11.7 Å². The summed E-state index contributed by atoms with van der Waals surface area (Å²) in [5.74, 6) is -0.369. The van der Waals surface area contributed by atoms with Crippen molar-refractivity contribution in [1.82, 2.24) is 9.21 Å². The molecule has 0 saturated carbocycles. The Morgan fingerprint density at radius 2 is 1.96 bits per heavy atom. The molecule has 1 unspecified atom stereocenters. The number of nitrogens with zero attached hydrogens (tertiary/aromatic N) is 2. The van der Waals surface area contributed by atoms with Gasteiger partial charge in [-0.3, -0.25) is 4.79 Å². The largest absolute Gasteiger partial charge is 0.369 e. The zero-order valence-corrected chi connectivity index (χ0v) is 17.2. The van der Waals surface area contributed by atoms with Gasteiger partial charge < -0.3 is 10.6 Å². The lowest BCUT2D eigenvalue weighted by Crippen LogP contribution is -2.42. The van der Waals surface area contributed by atoms with Crippen LogP contribution in [0.2, 0.25) is 5.02 Å². The van der Waals surface area contributed by atoms with Gasteiger partial charge in [-0.25, -0.2) is 12.7 Å². The second-order valence-electron chi connectivity index (χ2n) is 7.27. The molecular weight excluding hydrogens is 374 g/mol. The van der Waals surface area contributed by atoms with Crippen molar-refractivity contribution < 1.29 is 13.2 Å². The van der Waals surface area contributed by atoms with Crippen LogP contribution < -0.4 is 5.73 Å². The Hall–Kier alpha value is -1.15. The SMILES string of the molecule is Cc1cc(C(C)(CCN2CCCN(S(C)(=O)=O)CC2)C(N)=O)ccc1Cl. The van der Waals surface area contributed by atoms with E-state index in [2.05, 4.69) is 4.90 Å². The normalized spacial score (nSPS) is 19.7. The first-order valence-corrected chi connectivity index (χ1v) is 11.0. The summed E-state index contributed by atoms with van der Waals surface area (Å²) < 4.78 is 25.0. The summed E-state index contributed by atoms with van der Waals surface area (Å²) >= 11 is 6.10. The summed E-state index contributed by atoms with van der Waals surface area (Å²) in [4.78, 5) is 14.4. The molecule has 26 heavy (non-hydrogen) atoms. The molecule has 0 bridgehead atoms. The Morgan fingerprint density at radius 1 is 1.27 bits per heavy atom. The molecule has 1 aromatic carbocycles. The van der Waals surface area contributed by atoms with Crippen LogP contribution in [0.25, 0.3) is 0 Å². The van der Waals surface area contributed by atoms with Crippen LogP contribution in [0.5, 0.6) is 0 Å². The number of primary amides is 1. The topological polar surface area (TPSA) is 83.7 Å². The second-order valence-corrected chi connectivity index (χ2v) is 9.66. The summed E-state index contributed by atoms with van der Waals surface area (Å²) in [5.41, 5.74) is 6.72. The summed E-state index contributed by atoms with van der Waals surface area (Å²) in [5, 5.41) is 0.661. The van der Waals surface area contributed by atoms with E-state index in [1.807, 2.05) is 26.0 Å². The highest BCUT2D eigenvalue weighted by molar-refractivity contribution is 7.88. The molecule has 1 amide bonds. The first-order valence-electron chi connectivity index (χ1n) is 8.78. The van der Waals surface area contributed by atoms with Crippen molar-refractivity contribution in [3.05, 3.63) is 34.3 Å². The standard InChI is InChI=1S/C18H28ClN3O3S/c1-14-13-15(5-6-16(14)19)18(2,17(20)23)7-10-21-8-4-9-22(12-11-21)26(3,24)25/h5-6,13H,4,7-12H2,1-3H3,(H2,20,23). The van der Waals surface area contributed by atoms with Crippen LogP contribution in [0, 0.1) is 6.92 Å². The Kier molecular flexibility index (Phi) is 6.71. The van der Waals surface area contributed by atoms with Crippen molar-refractivity contribution in [2.75, 3.05) is 39.0 Å². The smallest absolute Gasteiger partial charge is 0.227 e. The molecule has 1 aliphatic heterocycles. The van der Waals surface area contributed by atoms with Crippen LogP contribution in [0.3, 0.4) is 0 Å². The molecule has 2 rings (SSSR count). The minimum Gasteiger partial charge on any atom is -0.369 e. The van der Waals surface area contributed by atoms with E-state index in [-0.39, 0.29) is 5.91 Å². The van der Waals surface area contributed by atoms with Gasteiger partial charge in [-0.05, 0) is 57.0 Å². The highest BCUT2D eigenvalue weighted by Gasteiger charge is 2.34. The molecule has 1 fully saturated rings. The molecule has 1 aromatic rings. The summed E-state index contributed by atoms with van der Waals surface area (Å²) in [6.07, 6.45) is 2.60. The molecule has 1 saturated heterocycles. The van der Waals surface area contributed by atoms with E-state index in [0.717, 1.165) is 24.1 Å². The summed E-state index contributed by atoms with van der Waals surface area (Å²) in [7, 11) is -3.16. The summed E-state index contributed by atoms with van der Waals surface area (Å²) in [6.45, 7) is 6.92. The van der Waals surface area contributed by atoms with Crippen molar-refractivity contribution in [3.8, 4) is 0 Å². The number of nitrogens with two attached hydrogens (primary N) is 1. The van der Waals surface area contributed by atoms with Gasteiger partial charge in [-0.1, -0.05) is 23.7 Å². The fraction of sp³-hybridized carbons (Fsp3) is 0.611. The average molecular weight is 402 g/mol. The second kappa shape index (κ2) is 8.25. The van der Waals surface area contributed by atoms with Crippen LogP contribution in [0.4, 0.5) is 0 Å². The van der Waals surface area contributed by atoms with Crippen LogP contribution in [-0.4, -0.2) is 62.5 Å². The molecule has 2 N–H and O–H groups in total. The predicted octanol–water partition coefficient (Wildman–Crippen LogP) is 1.75. The number of carbonyl (C=O) groups excluding carboxylic acids is 1. The summed E-state index contributed by atoms with van der Waals surface area (Å²) in [6, 6.07) is 5.57. The number of halogens is 1. The van der Waals surface area contributed by atoms with Gasteiger partial charge in [0.15, 0.2) is 0 Å². The van der Waals surface area contributed by atoms with Crippen molar-refractivity contribution in [3.63, 3.8) is 0 Å². The van der Waals surface area contributed by atoms with Gasteiger partial charge in [0.2, 0.25) is 15.9 Å². The fourth-order valence-corrected chi connectivity index (χ4v) is 4.27. The van der Waals surface area contributed by atoms with Gasteiger partial charge in [0.25, 0.3) is 0 Å². The van der Waals surface area contributed by atoms with Crippen molar-refractivity contribution >= 4 is 27.5 Å². The molecule has 0 radical (unpaired) electrons. The molecule has 1 atom stereocenters. The Labute approximate surface area is 161 Å². The van der Waals surface area contributed by atoms with E-state index in [0.29, 0.717) is 37.6 Å². The number of carbonyl (C=O) groups is 1. The van der Waals surface area contributed by atoms with Crippen LogP contribution in [0.1, 0.15) is 30.9 Å². The third kappa shape index (κ3) is 4.97. The highest BCUT2D eigenvalue weighted by Crippen LogP contribution is 2.30. The third-order valence-electron chi connectivity index (χ3n) is 5.28. The van der Waals surface area contributed by atoms with Gasteiger partial charge in [-0.15, -0.1) is 0 Å². The predicted molar refractivity (Wildman–Crippen MR) is 105 cm³/mol. The van der Waals surface area contributed by atoms with Gasteiger partial charge in [0, 0.05) is 24.7 Å². The number of sulfonamides is 1. The van der Waals surface area contributed by atoms with Gasteiger partial charge in [0.1, 0.15) is 0 Å². The zero-order valence-electron chi connectivity index (χ0n) is 15.7. The lowest BCUT2D eigenvalue weighted by Gasteiger charge is -2.30. The number of hydrogen-bond acceptors (Lipinski definition) is 4. The van der Waals surface area contributed by atoms with E-state index in [9.17, 15) is 13.2 Å². The maximum atomic E-state index is 12.2. The monoisotopic (exact) mass is 401 g/mol. The number of amides is 1. The maximum Gasteiger partial charge on any atom is 0.227 e. The third-order valence-corrected chi connectivity index (χ3v) is 7.01. The van der Waals surface area contributed by atoms with Crippen LogP contribution in [0.15, 0.2) is 18.2 Å². The number of hydrogen-bond donors (Lipinski definition) is 1. The van der Waals surface area contributed by atoms with E-state index in [1.54, 1.807) is 6.07 Å². The fourth-order valence-electron chi connectivity index (χ4n) is 3.28. The lowest BCUT2D eigenvalue weighted by atomic mass is 9.78. The maximum absolute atomic E-state index is 12.2. The molecular formula is C18H28ClN3O3S. The first-order chi connectivity index (χ1) is 12.0. The minimum absolute atomic E-state index is 0.369. The van der Waals surface area contributed by atoms with Crippen molar-refractivity contribution in [1.29, 1.82) is 0 Å². The van der Waals surface area contributed by atoms with E-state index < -0.39 is 15.4 Å². The van der Waals surface area contributed by atoms with Crippen molar-refractivity contribution in [2.45, 2.75) is 32.1 Å². The molecule has 0 aliphatic carbocycles. The Morgan fingerprint density at radius 3 is 2.54 bits per heavy atom. The molecule has 0 aromatic heterocycles. The zero-order chi connectivity index (χ0) is 19.5. The quantitative estimate of drug-likeness (QED) is 0.787. The Bertz CT molecular complexity index is 769. The molecule has 146 valence electrons. The number of benzene rings is 1. The molecule has 6 nitrogen and oxygen atoms in total. The Balaban J connectivity index is 2.09. The van der Waals surface area contributed by atoms with E-state index >= 15 is 0 Å². The minimum atomic E-state index is -3.16. The van der Waals surface area contributed by atoms with Gasteiger partial charge >= 0.3 is 0 Å². The van der Waals surface area contributed by atoms with Crippen LogP contribution >= 0.6 is 11.6 Å². The molecule has 8 heteroatoms. The van der Waals surface area contributed by atoms with Crippen LogP contribution in [-0.2, 0) is 20.2 Å². The van der Waals surface area contributed by atoms with E-state index in [1.165, 1.54) is 10.6 Å². The molecule has 1 heterocycles. The van der Waals surface area contributed by atoms with Gasteiger partial charge in [-0.2, -0.15) is 0 Å². The van der Waals surface area contributed by atoms with Crippen molar-refractivity contribution in [2.24, 2.45) is 5.73 Å². The highest BCUT2D eigenvalue weighted by atomic mass is 35.5. The first kappa shape index (κ1) is 21.2.